The number of rotatable bonds is 1. The van der Waals surface area contributed by atoms with Gasteiger partial charge in [0, 0.05) is 11.8 Å². The Kier molecular flexibility index (Phi) is 2.22. The van der Waals surface area contributed by atoms with E-state index < -0.39 is 0 Å². The van der Waals surface area contributed by atoms with Crippen LogP contribution in [0, 0.1) is 0 Å². The molecular weight excluding hydrogens is 210 g/mol. The second-order valence-electron chi connectivity index (χ2n) is 3.85. The Hall–Kier alpha value is -2.42. The van der Waals surface area contributed by atoms with Crippen molar-refractivity contribution in [3.8, 4) is 11.1 Å². The second-order valence-corrected chi connectivity index (χ2v) is 3.85. The van der Waals surface area contributed by atoms with E-state index in [1.807, 2.05) is 24.3 Å². The molecule has 0 bridgehead atoms. The molecule has 0 aliphatic rings. The Morgan fingerprint density at radius 3 is 2.59 bits per heavy atom. The predicted molar refractivity (Wildman–Crippen MR) is 69.4 cm³/mol. The third-order valence-electron chi connectivity index (χ3n) is 2.82. The molecule has 0 unspecified atom stereocenters. The fourth-order valence-electron chi connectivity index (χ4n) is 2.01. The van der Waals surface area contributed by atoms with Crippen LogP contribution < -0.4 is 5.73 Å². The first-order valence-corrected chi connectivity index (χ1v) is 5.40. The lowest BCUT2D eigenvalue weighted by Crippen LogP contribution is -1.95. The summed E-state index contributed by atoms with van der Waals surface area (Å²) in [5, 5.41) is 2.35. The molecule has 0 amide bonds. The van der Waals surface area contributed by atoms with Crippen LogP contribution in [0.15, 0.2) is 55.0 Å². The molecule has 0 aliphatic carbocycles. The van der Waals surface area contributed by atoms with Crippen molar-refractivity contribution in [2.45, 2.75) is 0 Å². The number of nitrogens with two attached hydrogens (primary N) is 1. The fourth-order valence-corrected chi connectivity index (χ4v) is 2.01. The highest BCUT2D eigenvalue weighted by Crippen LogP contribution is 2.30. The average molecular weight is 221 g/mol. The first-order chi connectivity index (χ1) is 8.36. The minimum absolute atomic E-state index is 0.511. The number of benzene rings is 2. The molecule has 0 aliphatic heterocycles. The molecule has 0 radical (unpaired) electrons. The maximum atomic E-state index is 5.89. The van der Waals surface area contributed by atoms with Crippen LogP contribution in [0.4, 0.5) is 5.82 Å². The molecule has 0 atom stereocenters. The van der Waals surface area contributed by atoms with Gasteiger partial charge in [-0.1, -0.05) is 42.5 Å². The highest BCUT2D eigenvalue weighted by atomic mass is 14.9. The molecule has 3 aromatic rings. The SMILES string of the molecule is Nc1ncncc1-c1cccc2ccccc12. The molecule has 1 heterocycles. The average Bonchev–Trinajstić information content (AvgIpc) is 2.39. The van der Waals surface area contributed by atoms with Gasteiger partial charge in [0.25, 0.3) is 0 Å². The predicted octanol–water partition coefficient (Wildman–Crippen LogP) is 2.88. The number of hydrogen-bond acceptors (Lipinski definition) is 3. The van der Waals surface area contributed by atoms with E-state index in [1.54, 1.807) is 6.20 Å². The molecule has 3 heteroatoms. The minimum Gasteiger partial charge on any atom is -0.383 e. The standard InChI is InChI=1S/C14H11N3/c15-14-13(8-16-9-17-14)12-7-3-5-10-4-1-2-6-11(10)12/h1-9H,(H2,15,16,17). The zero-order valence-electron chi connectivity index (χ0n) is 9.17. The lowest BCUT2D eigenvalue weighted by Gasteiger charge is -2.07. The molecule has 0 saturated heterocycles. The van der Waals surface area contributed by atoms with Crippen molar-refractivity contribution >= 4 is 16.6 Å². The van der Waals surface area contributed by atoms with Gasteiger partial charge in [-0.25, -0.2) is 9.97 Å². The van der Waals surface area contributed by atoms with Crippen molar-refractivity contribution in [3.05, 3.63) is 55.0 Å². The van der Waals surface area contributed by atoms with Crippen molar-refractivity contribution in [1.29, 1.82) is 0 Å². The Morgan fingerprint density at radius 1 is 0.882 bits per heavy atom. The van der Waals surface area contributed by atoms with Crippen molar-refractivity contribution < 1.29 is 0 Å². The number of nitrogen functional groups attached to an aromatic ring is 1. The summed E-state index contributed by atoms with van der Waals surface area (Å²) >= 11 is 0. The van der Waals surface area contributed by atoms with E-state index >= 15 is 0 Å². The largest absolute Gasteiger partial charge is 0.383 e. The van der Waals surface area contributed by atoms with E-state index in [1.165, 1.54) is 11.7 Å². The molecule has 3 nitrogen and oxygen atoms in total. The van der Waals surface area contributed by atoms with Crippen LogP contribution in [-0.4, -0.2) is 9.97 Å². The molecule has 2 N–H and O–H groups in total. The molecule has 3 rings (SSSR count). The zero-order valence-corrected chi connectivity index (χ0v) is 9.17. The van der Waals surface area contributed by atoms with Gasteiger partial charge >= 0.3 is 0 Å². The van der Waals surface area contributed by atoms with Gasteiger partial charge in [0.05, 0.1) is 0 Å². The first kappa shape index (κ1) is 9.78. The maximum Gasteiger partial charge on any atom is 0.134 e. The van der Waals surface area contributed by atoms with E-state index in [0.717, 1.165) is 16.5 Å². The molecule has 0 fully saturated rings. The number of fused-ring (bicyclic) bond motifs is 1. The van der Waals surface area contributed by atoms with Gasteiger partial charge in [-0.15, -0.1) is 0 Å². The highest BCUT2D eigenvalue weighted by Gasteiger charge is 2.06. The molecule has 0 saturated carbocycles. The van der Waals surface area contributed by atoms with Gasteiger partial charge in [0.2, 0.25) is 0 Å². The number of anilines is 1. The highest BCUT2D eigenvalue weighted by molar-refractivity contribution is 5.98. The van der Waals surface area contributed by atoms with Gasteiger partial charge in [-0.3, -0.25) is 0 Å². The quantitative estimate of drug-likeness (QED) is 0.687. The van der Waals surface area contributed by atoms with Crippen LogP contribution in [0.1, 0.15) is 0 Å². The molecule has 82 valence electrons. The van der Waals surface area contributed by atoms with Gasteiger partial charge in [0.1, 0.15) is 12.1 Å². The minimum atomic E-state index is 0.511. The third-order valence-corrected chi connectivity index (χ3v) is 2.82. The van der Waals surface area contributed by atoms with Gasteiger partial charge in [0.15, 0.2) is 0 Å². The van der Waals surface area contributed by atoms with E-state index in [0.29, 0.717) is 5.82 Å². The van der Waals surface area contributed by atoms with Gasteiger partial charge in [-0.05, 0) is 16.3 Å². The number of nitrogens with zero attached hydrogens (tertiary/aromatic N) is 2. The summed E-state index contributed by atoms with van der Waals surface area (Å²) in [4.78, 5) is 8.07. The van der Waals surface area contributed by atoms with Crippen molar-refractivity contribution in [3.63, 3.8) is 0 Å². The maximum absolute atomic E-state index is 5.89. The number of aromatic nitrogens is 2. The molecule has 17 heavy (non-hydrogen) atoms. The van der Waals surface area contributed by atoms with Crippen molar-refractivity contribution in [2.75, 3.05) is 5.73 Å². The Morgan fingerprint density at radius 2 is 1.71 bits per heavy atom. The summed E-state index contributed by atoms with van der Waals surface area (Å²) in [7, 11) is 0. The van der Waals surface area contributed by atoms with Crippen molar-refractivity contribution in [2.24, 2.45) is 0 Å². The summed E-state index contributed by atoms with van der Waals surface area (Å²) in [6, 6.07) is 14.3. The molecular formula is C14H11N3. The summed E-state index contributed by atoms with van der Waals surface area (Å²) < 4.78 is 0. The second kappa shape index (κ2) is 3.87. The lowest BCUT2D eigenvalue weighted by molar-refractivity contribution is 1.18. The van der Waals surface area contributed by atoms with Crippen LogP contribution in [0.5, 0.6) is 0 Å². The summed E-state index contributed by atoms with van der Waals surface area (Å²) in [6.07, 6.45) is 3.22. The lowest BCUT2D eigenvalue weighted by atomic mass is 10.00. The van der Waals surface area contributed by atoms with Crippen LogP contribution in [0.2, 0.25) is 0 Å². The van der Waals surface area contributed by atoms with Crippen LogP contribution in [-0.2, 0) is 0 Å². The Labute approximate surface area is 98.9 Å². The monoisotopic (exact) mass is 221 g/mol. The van der Waals surface area contributed by atoms with Crippen LogP contribution in [0.25, 0.3) is 21.9 Å². The summed E-state index contributed by atoms with van der Waals surface area (Å²) in [5.41, 5.74) is 7.84. The van der Waals surface area contributed by atoms with E-state index in [2.05, 4.69) is 28.2 Å². The third kappa shape index (κ3) is 1.61. The van der Waals surface area contributed by atoms with Crippen LogP contribution >= 0.6 is 0 Å². The fraction of sp³-hybridized carbons (Fsp3) is 0. The van der Waals surface area contributed by atoms with E-state index in [9.17, 15) is 0 Å². The summed E-state index contributed by atoms with van der Waals surface area (Å²) in [6.45, 7) is 0. The van der Waals surface area contributed by atoms with Gasteiger partial charge < -0.3 is 5.73 Å². The Bertz CT molecular complexity index is 672. The Balaban J connectivity index is 2.35. The molecule has 1 aromatic heterocycles. The first-order valence-electron chi connectivity index (χ1n) is 5.40. The normalized spacial score (nSPS) is 10.6. The van der Waals surface area contributed by atoms with Crippen molar-refractivity contribution in [1.82, 2.24) is 9.97 Å². The van der Waals surface area contributed by atoms with E-state index in [-0.39, 0.29) is 0 Å². The molecule has 2 aromatic carbocycles. The van der Waals surface area contributed by atoms with Crippen LogP contribution in [0.3, 0.4) is 0 Å². The topological polar surface area (TPSA) is 51.8 Å². The van der Waals surface area contributed by atoms with E-state index in [4.69, 9.17) is 5.73 Å². The summed E-state index contributed by atoms with van der Waals surface area (Å²) in [5.74, 6) is 0.511. The number of hydrogen-bond donors (Lipinski definition) is 1. The smallest absolute Gasteiger partial charge is 0.134 e. The zero-order chi connectivity index (χ0) is 11.7. The van der Waals surface area contributed by atoms with Gasteiger partial charge in [-0.2, -0.15) is 0 Å². The molecule has 0 spiro atoms.